The van der Waals surface area contributed by atoms with Crippen LogP contribution in [0.3, 0.4) is 0 Å². The lowest BCUT2D eigenvalue weighted by Crippen LogP contribution is -2.27. The van der Waals surface area contributed by atoms with Crippen LogP contribution in [0.4, 0.5) is 0 Å². The van der Waals surface area contributed by atoms with Crippen molar-refractivity contribution in [2.45, 2.75) is 39.0 Å². The van der Waals surface area contributed by atoms with Crippen LogP contribution < -0.4 is 10.1 Å². The van der Waals surface area contributed by atoms with Gasteiger partial charge in [-0.05, 0) is 42.4 Å². The number of hydrogen-bond donors (Lipinski definition) is 1. The van der Waals surface area contributed by atoms with Gasteiger partial charge in [0.1, 0.15) is 5.75 Å². The molecule has 0 spiro atoms. The second-order valence-electron chi connectivity index (χ2n) is 5.54. The van der Waals surface area contributed by atoms with Crippen molar-refractivity contribution in [1.29, 1.82) is 0 Å². The molecule has 0 aromatic heterocycles. The highest BCUT2D eigenvalue weighted by molar-refractivity contribution is 5.80. The van der Waals surface area contributed by atoms with Gasteiger partial charge in [-0.1, -0.05) is 26.0 Å². The van der Waals surface area contributed by atoms with Crippen molar-refractivity contribution in [1.82, 2.24) is 5.32 Å². The van der Waals surface area contributed by atoms with E-state index in [0.29, 0.717) is 12.5 Å². The lowest BCUT2D eigenvalue weighted by Gasteiger charge is -2.13. The number of amides is 1. The zero-order valence-corrected chi connectivity index (χ0v) is 12.0. The van der Waals surface area contributed by atoms with Crippen molar-refractivity contribution in [2.24, 2.45) is 5.92 Å². The fourth-order valence-corrected chi connectivity index (χ4v) is 2.16. The van der Waals surface area contributed by atoms with Crippen LogP contribution in [0.2, 0.25) is 0 Å². The van der Waals surface area contributed by atoms with Crippen molar-refractivity contribution in [3.05, 3.63) is 29.3 Å². The molecule has 1 aromatic rings. The molecule has 3 nitrogen and oxygen atoms in total. The van der Waals surface area contributed by atoms with Gasteiger partial charge in [0.05, 0.1) is 7.11 Å². The molecule has 1 aromatic carbocycles. The summed E-state index contributed by atoms with van der Waals surface area (Å²) in [6, 6.07) is 6.32. The Morgan fingerprint density at radius 2 is 2.16 bits per heavy atom. The van der Waals surface area contributed by atoms with Crippen LogP contribution >= 0.6 is 0 Å². The second-order valence-corrected chi connectivity index (χ2v) is 5.54. The molecule has 0 unspecified atom stereocenters. The molecule has 2 rings (SSSR count). The minimum absolute atomic E-state index is 0.207. The van der Waals surface area contributed by atoms with Crippen molar-refractivity contribution >= 4 is 5.91 Å². The third-order valence-electron chi connectivity index (χ3n) is 3.61. The van der Waals surface area contributed by atoms with E-state index < -0.39 is 0 Å². The Labute approximate surface area is 115 Å². The SMILES string of the molecule is COc1ccc(C(C)C)cc1CCNC(=O)C1CC1. The quantitative estimate of drug-likeness (QED) is 0.855. The molecule has 0 bridgehead atoms. The van der Waals surface area contributed by atoms with Gasteiger partial charge in [-0.15, -0.1) is 0 Å². The Balaban J connectivity index is 1.96. The highest BCUT2D eigenvalue weighted by Gasteiger charge is 2.29. The summed E-state index contributed by atoms with van der Waals surface area (Å²) in [6.45, 7) is 5.05. The van der Waals surface area contributed by atoms with Gasteiger partial charge < -0.3 is 10.1 Å². The first kappa shape index (κ1) is 13.9. The van der Waals surface area contributed by atoms with Crippen LogP contribution in [0.25, 0.3) is 0 Å². The molecule has 1 N–H and O–H groups in total. The van der Waals surface area contributed by atoms with Gasteiger partial charge in [0.2, 0.25) is 5.91 Å². The van der Waals surface area contributed by atoms with Crippen LogP contribution in [0, 0.1) is 5.92 Å². The Morgan fingerprint density at radius 3 is 2.74 bits per heavy atom. The lowest BCUT2D eigenvalue weighted by molar-refractivity contribution is -0.122. The van der Waals surface area contributed by atoms with E-state index in [1.54, 1.807) is 7.11 Å². The fourth-order valence-electron chi connectivity index (χ4n) is 2.16. The molecule has 0 heterocycles. The molecular formula is C16H23NO2. The van der Waals surface area contributed by atoms with Crippen LogP contribution in [-0.4, -0.2) is 19.6 Å². The van der Waals surface area contributed by atoms with E-state index in [2.05, 4.69) is 31.3 Å². The number of ether oxygens (including phenoxy) is 1. The van der Waals surface area contributed by atoms with Gasteiger partial charge in [0, 0.05) is 12.5 Å². The van der Waals surface area contributed by atoms with Crippen LogP contribution in [-0.2, 0) is 11.2 Å². The lowest BCUT2D eigenvalue weighted by atomic mass is 9.99. The Hall–Kier alpha value is -1.51. The summed E-state index contributed by atoms with van der Waals surface area (Å²) in [7, 11) is 1.69. The normalized spacial score (nSPS) is 14.5. The minimum atomic E-state index is 0.207. The number of benzene rings is 1. The Bertz CT molecular complexity index is 450. The minimum Gasteiger partial charge on any atom is -0.496 e. The maximum atomic E-state index is 11.6. The second kappa shape index (κ2) is 6.09. The van der Waals surface area contributed by atoms with E-state index in [9.17, 15) is 4.79 Å². The summed E-state index contributed by atoms with van der Waals surface area (Å²) in [5.41, 5.74) is 2.48. The van der Waals surface area contributed by atoms with Gasteiger partial charge in [-0.25, -0.2) is 0 Å². The average molecular weight is 261 g/mol. The molecule has 19 heavy (non-hydrogen) atoms. The van der Waals surface area contributed by atoms with E-state index >= 15 is 0 Å². The molecule has 1 aliphatic rings. The predicted molar refractivity (Wildman–Crippen MR) is 76.5 cm³/mol. The van der Waals surface area contributed by atoms with Crippen LogP contribution in [0.5, 0.6) is 5.75 Å². The van der Waals surface area contributed by atoms with Crippen molar-refractivity contribution in [3.8, 4) is 5.75 Å². The standard InChI is InChI=1S/C16H23NO2/c1-11(2)13-6-7-15(19-3)14(10-13)8-9-17-16(18)12-4-5-12/h6-7,10-12H,4-5,8-9H2,1-3H3,(H,17,18). The molecule has 0 saturated heterocycles. The number of methoxy groups -OCH3 is 1. The van der Waals surface area contributed by atoms with Crippen molar-refractivity contribution in [2.75, 3.05) is 13.7 Å². The number of hydrogen-bond acceptors (Lipinski definition) is 2. The summed E-state index contributed by atoms with van der Waals surface area (Å²) >= 11 is 0. The molecule has 3 heteroatoms. The number of carbonyl (C=O) groups is 1. The highest BCUT2D eigenvalue weighted by Crippen LogP contribution is 2.29. The van der Waals surface area contributed by atoms with E-state index in [1.807, 2.05) is 6.07 Å². The van der Waals surface area contributed by atoms with Gasteiger partial charge in [0.25, 0.3) is 0 Å². The molecule has 1 aliphatic carbocycles. The molecule has 104 valence electrons. The maximum absolute atomic E-state index is 11.6. The predicted octanol–water partition coefficient (Wildman–Crippen LogP) is 2.89. The topological polar surface area (TPSA) is 38.3 Å². The van der Waals surface area contributed by atoms with E-state index in [1.165, 1.54) is 11.1 Å². The van der Waals surface area contributed by atoms with Crippen molar-refractivity contribution in [3.63, 3.8) is 0 Å². The monoisotopic (exact) mass is 261 g/mol. The molecule has 0 radical (unpaired) electrons. The first-order chi connectivity index (χ1) is 9.11. The highest BCUT2D eigenvalue weighted by atomic mass is 16.5. The van der Waals surface area contributed by atoms with Gasteiger partial charge in [-0.3, -0.25) is 4.79 Å². The van der Waals surface area contributed by atoms with Gasteiger partial charge >= 0.3 is 0 Å². The summed E-state index contributed by atoms with van der Waals surface area (Å²) < 4.78 is 5.38. The molecule has 0 aliphatic heterocycles. The Kier molecular flexibility index (Phi) is 4.46. The molecule has 1 fully saturated rings. The summed E-state index contributed by atoms with van der Waals surface area (Å²) in [4.78, 5) is 11.6. The summed E-state index contributed by atoms with van der Waals surface area (Å²) in [5.74, 6) is 1.90. The van der Waals surface area contributed by atoms with Crippen LogP contribution in [0.15, 0.2) is 18.2 Å². The van der Waals surface area contributed by atoms with Crippen LogP contribution in [0.1, 0.15) is 43.7 Å². The smallest absolute Gasteiger partial charge is 0.223 e. The first-order valence-corrected chi connectivity index (χ1v) is 7.06. The van der Waals surface area contributed by atoms with E-state index in [-0.39, 0.29) is 11.8 Å². The summed E-state index contributed by atoms with van der Waals surface area (Å²) in [6.07, 6.45) is 2.93. The molecular weight excluding hydrogens is 238 g/mol. The molecule has 1 saturated carbocycles. The maximum Gasteiger partial charge on any atom is 0.223 e. The van der Waals surface area contributed by atoms with E-state index in [4.69, 9.17) is 4.74 Å². The first-order valence-electron chi connectivity index (χ1n) is 7.06. The number of rotatable bonds is 6. The van der Waals surface area contributed by atoms with Crippen molar-refractivity contribution < 1.29 is 9.53 Å². The summed E-state index contributed by atoms with van der Waals surface area (Å²) in [5, 5.41) is 3.00. The fraction of sp³-hybridized carbons (Fsp3) is 0.562. The largest absolute Gasteiger partial charge is 0.496 e. The number of carbonyl (C=O) groups excluding carboxylic acids is 1. The zero-order chi connectivity index (χ0) is 13.8. The Morgan fingerprint density at radius 1 is 1.42 bits per heavy atom. The zero-order valence-electron chi connectivity index (χ0n) is 12.0. The average Bonchev–Trinajstić information content (AvgIpc) is 3.22. The van der Waals surface area contributed by atoms with E-state index in [0.717, 1.165) is 25.0 Å². The van der Waals surface area contributed by atoms with Gasteiger partial charge in [0.15, 0.2) is 0 Å². The third-order valence-corrected chi connectivity index (χ3v) is 3.61. The third kappa shape index (κ3) is 3.72. The number of nitrogens with one attached hydrogen (secondary N) is 1. The van der Waals surface area contributed by atoms with Gasteiger partial charge in [-0.2, -0.15) is 0 Å². The molecule has 1 amide bonds. The molecule has 0 atom stereocenters.